The Kier molecular flexibility index (Phi) is 10.3. The average Bonchev–Trinajstić information content (AvgIpc) is 2.58. The summed E-state index contributed by atoms with van der Waals surface area (Å²) in [5, 5.41) is 3.35. The maximum Gasteiger partial charge on any atom is 0.217 e. The topological polar surface area (TPSA) is 108 Å². The second-order valence-corrected chi connectivity index (χ2v) is 9.41. The first kappa shape index (κ1) is 24.4. The molecule has 1 unspecified atom stereocenters. The lowest BCUT2D eigenvalue weighted by Gasteiger charge is -2.35. The van der Waals surface area contributed by atoms with Gasteiger partial charge in [0.05, 0.1) is 6.26 Å². The quantitative estimate of drug-likeness (QED) is 0.310. The van der Waals surface area contributed by atoms with Gasteiger partial charge in [-0.15, -0.1) is 24.0 Å². The summed E-state index contributed by atoms with van der Waals surface area (Å²) in [6, 6.07) is 0. The fraction of sp³-hybridized carbons (Fsp3) is 0.882. The maximum atomic E-state index is 11.6. The first-order valence-corrected chi connectivity index (χ1v) is 11.4. The molecular weight excluding hydrogens is 481 g/mol. The maximum absolute atomic E-state index is 11.6. The van der Waals surface area contributed by atoms with E-state index >= 15 is 0 Å². The second-order valence-electron chi connectivity index (χ2n) is 7.42. The molecule has 2 aliphatic rings. The third kappa shape index (κ3) is 8.10. The molecule has 1 atom stereocenters. The molecule has 3 N–H and O–H groups in total. The van der Waals surface area contributed by atoms with Gasteiger partial charge >= 0.3 is 0 Å². The van der Waals surface area contributed by atoms with Gasteiger partial charge in [-0.2, -0.15) is 0 Å². The van der Waals surface area contributed by atoms with Gasteiger partial charge in [0.15, 0.2) is 5.96 Å². The molecule has 10 heteroatoms. The van der Waals surface area contributed by atoms with E-state index in [1.165, 1.54) is 6.26 Å². The van der Waals surface area contributed by atoms with Gasteiger partial charge in [-0.3, -0.25) is 9.79 Å². The van der Waals surface area contributed by atoms with Gasteiger partial charge in [0.2, 0.25) is 15.9 Å². The Bertz CT molecular complexity index is 606. The van der Waals surface area contributed by atoms with E-state index in [2.05, 4.69) is 10.2 Å². The van der Waals surface area contributed by atoms with Crippen molar-refractivity contribution in [3.8, 4) is 0 Å². The van der Waals surface area contributed by atoms with E-state index in [4.69, 9.17) is 10.7 Å². The van der Waals surface area contributed by atoms with Gasteiger partial charge in [0, 0.05) is 45.7 Å². The van der Waals surface area contributed by atoms with Crippen LogP contribution in [0.1, 0.15) is 39.0 Å². The summed E-state index contributed by atoms with van der Waals surface area (Å²) in [5.41, 5.74) is 5.35. The molecular formula is C17H34IN5O3S. The molecule has 0 aromatic heterocycles. The monoisotopic (exact) mass is 515 g/mol. The molecule has 8 nitrogen and oxygen atoms in total. The standard InChI is InChI=1S/C17H33N5O3S.HI/c1-3-19-17(21-8-4-5-15(13-21)11-16(18)23)20-12-14-6-9-22(10-7-14)26(2,24)25;/h14-15H,3-13H2,1-2H3,(H2,18,23)(H,19,20);1H. The van der Waals surface area contributed by atoms with Crippen LogP contribution in [0.3, 0.4) is 0 Å². The summed E-state index contributed by atoms with van der Waals surface area (Å²) in [5.74, 6) is 1.36. The molecule has 0 aromatic rings. The van der Waals surface area contributed by atoms with Crippen LogP contribution < -0.4 is 11.1 Å². The minimum atomic E-state index is -3.08. The minimum Gasteiger partial charge on any atom is -0.370 e. The number of carbonyl (C=O) groups is 1. The summed E-state index contributed by atoms with van der Waals surface area (Å²) >= 11 is 0. The lowest BCUT2D eigenvalue weighted by atomic mass is 9.95. The molecule has 2 rings (SSSR count). The lowest BCUT2D eigenvalue weighted by Crippen LogP contribution is -2.47. The number of amides is 1. The predicted octanol–water partition coefficient (Wildman–Crippen LogP) is 0.829. The summed E-state index contributed by atoms with van der Waals surface area (Å²) in [6.45, 7) is 6.46. The first-order chi connectivity index (χ1) is 12.3. The van der Waals surface area contributed by atoms with Gasteiger partial charge in [-0.25, -0.2) is 12.7 Å². The van der Waals surface area contributed by atoms with E-state index in [-0.39, 0.29) is 29.9 Å². The third-order valence-electron chi connectivity index (χ3n) is 5.19. The van der Waals surface area contributed by atoms with Gasteiger partial charge in [0.1, 0.15) is 0 Å². The zero-order valence-electron chi connectivity index (χ0n) is 16.4. The smallest absolute Gasteiger partial charge is 0.217 e. The molecule has 0 spiro atoms. The molecule has 0 bridgehead atoms. The molecule has 1 amide bonds. The number of carbonyl (C=O) groups excluding carboxylic acids is 1. The van der Waals surface area contributed by atoms with Crippen molar-refractivity contribution in [2.24, 2.45) is 22.6 Å². The Morgan fingerprint density at radius 2 is 1.85 bits per heavy atom. The number of aliphatic imine (C=N–C) groups is 1. The Morgan fingerprint density at radius 3 is 2.41 bits per heavy atom. The number of rotatable bonds is 6. The third-order valence-corrected chi connectivity index (χ3v) is 6.49. The van der Waals surface area contributed by atoms with Gasteiger partial charge in [-0.1, -0.05) is 0 Å². The zero-order chi connectivity index (χ0) is 19.2. The first-order valence-electron chi connectivity index (χ1n) is 9.56. The molecule has 2 aliphatic heterocycles. The Morgan fingerprint density at radius 1 is 1.19 bits per heavy atom. The number of hydrogen-bond donors (Lipinski definition) is 2. The van der Waals surface area contributed by atoms with Crippen LogP contribution in [0.25, 0.3) is 0 Å². The van der Waals surface area contributed by atoms with Crippen molar-refractivity contribution < 1.29 is 13.2 Å². The Labute approximate surface area is 180 Å². The van der Waals surface area contributed by atoms with Crippen molar-refractivity contribution >= 4 is 45.9 Å². The normalized spacial score (nSPS) is 23.0. The van der Waals surface area contributed by atoms with Crippen LogP contribution in [0.15, 0.2) is 4.99 Å². The largest absolute Gasteiger partial charge is 0.370 e. The molecule has 0 radical (unpaired) electrons. The van der Waals surface area contributed by atoms with Crippen molar-refractivity contribution in [2.75, 3.05) is 45.5 Å². The molecule has 0 aromatic carbocycles. The number of nitrogens with zero attached hydrogens (tertiary/aromatic N) is 3. The van der Waals surface area contributed by atoms with Crippen LogP contribution >= 0.6 is 24.0 Å². The minimum absolute atomic E-state index is 0. The van der Waals surface area contributed by atoms with Crippen molar-refractivity contribution in [3.63, 3.8) is 0 Å². The number of nitrogens with one attached hydrogen (secondary N) is 1. The average molecular weight is 515 g/mol. The molecule has 0 saturated carbocycles. The fourth-order valence-electron chi connectivity index (χ4n) is 3.77. The molecule has 27 heavy (non-hydrogen) atoms. The lowest BCUT2D eigenvalue weighted by molar-refractivity contribution is -0.119. The highest BCUT2D eigenvalue weighted by Crippen LogP contribution is 2.21. The SMILES string of the molecule is CCNC(=NCC1CCN(S(C)(=O)=O)CC1)N1CCCC(CC(N)=O)C1.I. The Hall–Kier alpha value is -0.620. The number of primary amides is 1. The van der Waals surface area contributed by atoms with Crippen LogP contribution in [0, 0.1) is 11.8 Å². The summed E-state index contributed by atoms with van der Waals surface area (Å²) < 4.78 is 24.8. The number of guanidine groups is 1. The van der Waals surface area contributed by atoms with E-state index in [1.807, 2.05) is 6.92 Å². The summed E-state index contributed by atoms with van der Waals surface area (Å²) in [7, 11) is -3.08. The van der Waals surface area contributed by atoms with Gasteiger partial charge < -0.3 is 16.0 Å². The number of halogens is 1. The number of piperidine rings is 2. The molecule has 158 valence electrons. The van der Waals surface area contributed by atoms with E-state index in [9.17, 15) is 13.2 Å². The highest BCUT2D eigenvalue weighted by molar-refractivity contribution is 14.0. The van der Waals surface area contributed by atoms with Crippen LogP contribution in [0.4, 0.5) is 0 Å². The molecule has 2 saturated heterocycles. The predicted molar refractivity (Wildman–Crippen MR) is 119 cm³/mol. The van der Waals surface area contributed by atoms with Crippen molar-refractivity contribution in [1.82, 2.24) is 14.5 Å². The van der Waals surface area contributed by atoms with Crippen molar-refractivity contribution in [1.29, 1.82) is 0 Å². The van der Waals surface area contributed by atoms with Crippen LogP contribution in [0.5, 0.6) is 0 Å². The number of hydrogen-bond acceptors (Lipinski definition) is 4. The molecule has 2 heterocycles. The molecule has 2 fully saturated rings. The summed E-state index contributed by atoms with van der Waals surface area (Å²) in [6.07, 6.45) is 5.46. The highest BCUT2D eigenvalue weighted by Gasteiger charge is 2.26. The van der Waals surface area contributed by atoms with Crippen LogP contribution in [-0.2, 0) is 14.8 Å². The second kappa shape index (κ2) is 11.4. The Balaban J connectivity index is 0.00000364. The van der Waals surface area contributed by atoms with E-state index < -0.39 is 10.0 Å². The fourth-order valence-corrected chi connectivity index (χ4v) is 4.65. The van der Waals surface area contributed by atoms with Gasteiger partial charge in [-0.05, 0) is 44.4 Å². The van der Waals surface area contributed by atoms with E-state index in [0.29, 0.717) is 37.9 Å². The number of likely N-dealkylation sites (tertiary alicyclic amines) is 1. The van der Waals surface area contributed by atoms with Crippen molar-refractivity contribution in [2.45, 2.75) is 39.0 Å². The molecule has 0 aliphatic carbocycles. The highest BCUT2D eigenvalue weighted by atomic mass is 127. The van der Waals surface area contributed by atoms with Crippen LogP contribution in [0.2, 0.25) is 0 Å². The van der Waals surface area contributed by atoms with E-state index in [0.717, 1.165) is 51.3 Å². The summed E-state index contributed by atoms with van der Waals surface area (Å²) in [4.78, 5) is 18.2. The number of sulfonamides is 1. The van der Waals surface area contributed by atoms with Crippen LogP contribution in [-0.4, -0.2) is 75.0 Å². The van der Waals surface area contributed by atoms with Crippen molar-refractivity contribution in [3.05, 3.63) is 0 Å². The zero-order valence-corrected chi connectivity index (χ0v) is 19.5. The number of nitrogens with two attached hydrogens (primary N) is 1. The van der Waals surface area contributed by atoms with E-state index in [1.54, 1.807) is 4.31 Å². The van der Waals surface area contributed by atoms with Gasteiger partial charge in [0.25, 0.3) is 0 Å².